The first-order valence-electron chi connectivity index (χ1n) is 4.37. The van der Waals surface area contributed by atoms with E-state index in [2.05, 4.69) is 14.7 Å². The molecule has 78 valence electrons. The molecule has 15 heavy (non-hydrogen) atoms. The van der Waals surface area contributed by atoms with Gasteiger partial charge in [0, 0.05) is 5.56 Å². The first-order valence-corrected chi connectivity index (χ1v) is 4.90. The SMILES string of the molecule is COC(=O)c1ccc2[nH]cnc2c1CCl. The average Bonchev–Trinajstić information content (AvgIpc) is 2.74. The van der Waals surface area contributed by atoms with Gasteiger partial charge < -0.3 is 9.72 Å². The Labute approximate surface area is 91.2 Å². The molecule has 0 aliphatic carbocycles. The molecule has 5 heteroatoms. The number of alkyl halides is 1. The fourth-order valence-electron chi connectivity index (χ4n) is 1.50. The number of ether oxygens (including phenoxy) is 1. The first-order chi connectivity index (χ1) is 7.27. The molecule has 0 unspecified atom stereocenters. The normalized spacial score (nSPS) is 10.5. The van der Waals surface area contributed by atoms with Gasteiger partial charge in [0.05, 0.1) is 35.9 Å². The molecule has 0 radical (unpaired) electrons. The second kappa shape index (κ2) is 3.90. The van der Waals surface area contributed by atoms with Crippen LogP contribution in [0, 0.1) is 0 Å². The van der Waals surface area contributed by atoms with Gasteiger partial charge in [-0.1, -0.05) is 0 Å². The standard InChI is InChI=1S/C10H9ClN2O2/c1-15-10(14)6-2-3-8-9(7(6)4-11)13-5-12-8/h2-3,5H,4H2,1H3,(H,12,13). The zero-order valence-corrected chi connectivity index (χ0v) is 8.84. The van der Waals surface area contributed by atoms with Crippen LogP contribution in [0.1, 0.15) is 15.9 Å². The lowest BCUT2D eigenvalue weighted by molar-refractivity contribution is 0.0600. The van der Waals surface area contributed by atoms with Crippen molar-refractivity contribution in [3.63, 3.8) is 0 Å². The van der Waals surface area contributed by atoms with E-state index >= 15 is 0 Å². The third-order valence-electron chi connectivity index (χ3n) is 2.24. The van der Waals surface area contributed by atoms with E-state index in [0.717, 1.165) is 5.52 Å². The lowest BCUT2D eigenvalue weighted by Crippen LogP contribution is -2.05. The molecule has 0 aliphatic rings. The van der Waals surface area contributed by atoms with E-state index in [-0.39, 0.29) is 5.88 Å². The van der Waals surface area contributed by atoms with Crippen molar-refractivity contribution >= 4 is 28.6 Å². The van der Waals surface area contributed by atoms with E-state index in [4.69, 9.17) is 11.6 Å². The van der Waals surface area contributed by atoms with Gasteiger partial charge in [0.15, 0.2) is 0 Å². The summed E-state index contributed by atoms with van der Waals surface area (Å²) in [5.74, 6) is -0.164. The van der Waals surface area contributed by atoms with Crippen molar-refractivity contribution in [2.24, 2.45) is 0 Å². The van der Waals surface area contributed by atoms with Crippen molar-refractivity contribution in [1.29, 1.82) is 0 Å². The monoisotopic (exact) mass is 224 g/mol. The van der Waals surface area contributed by atoms with E-state index in [9.17, 15) is 4.79 Å². The maximum atomic E-state index is 11.4. The second-order valence-corrected chi connectivity index (χ2v) is 3.28. The number of hydrogen-bond acceptors (Lipinski definition) is 3. The van der Waals surface area contributed by atoms with Crippen molar-refractivity contribution in [2.75, 3.05) is 7.11 Å². The predicted octanol–water partition coefficient (Wildman–Crippen LogP) is 2.09. The highest BCUT2D eigenvalue weighted by Crippen LogP contribution is 2.21. The summed E-state index contributed by atoms with van der Waals surface area (Å²) in [6.07, 6.45) is 1.57. The molecule has 1 aromatic carbocycles. The van der Waals surface area contributed by atoms with Gasteiger partial charge in [0.1, 0.15) is 0 Å². The van der Waals surface area contributed by atoms with Gasteiger partial charge in [0.25, 0.3) is 0 Å². The van der Waals surface area contributed by atoms with Crippen LogP contribution in [0.25, 0.3) is 11.0 Å². The molecule has 0 saturated heterocycles. The zero-order chi connectivity index (χ0) is 10.8. The number of hydrogen-bond donors (Lipinski definition) is 1. The van der Waals surface area contributed by atoms with Crippen LogP contribution >= 0.6 is 11.6 Å². The lowest BCUT2D eigenvalue weighted by Gasteiger charge is -2.05. The summed E-state index contributed by atoms with van der Waals surface area (Å²) >= 11 is 5.81. The van der Waals surface area contributed by atoms with Gasteiger partial charge in [-0.2, -0.15) is 0 Å². The van der Waals surface area contributed by atoms with Crippen LogP contribution in [0.3, 0.4) is 0 Å². The van der Waals surface area contributed by atoms with Crippen LogP contribution in [-0.4, -0.2) is 23.0 Å². The Hall–Kier alpha value is -1.55. The molecular formula is C10H9ClN2O2. The van der Waals surface area contributed by atoms with Crippen molar-refractivity contribution in [3.05, 3.63) is 29.6 Å². The molecule has 4 nitrogen and oxygen atoms in total. The Balaban J connectivity index is 2.69. The highest BCUT2D eigenvalue weighted by molar-refractivity contribution is 6.18. The molecule has 2 rings (SSSR count). The van der Waals surface area contributed by atoms with E-state index in [1.54, 1.807) is 18.5 Å². The Morgan fingerprint density at radius 3 is 3.07 bits per heavy atom. The average molecular weight is 225 g/mol. The third kappa shape index (κ3) is 1.57. The topological polar surface area (TPSA) is 55.0 Å². The van der Waals surface area contributed by atoms with Gasteiger partial charge >= 0.3 is 5.97 Å². The molecule has 0 amide bonds. The molecule has 0 fully saturated rings. The minimum absolute atomic E-state index is 0.229. The number of benzene rings is 1. The number of nitrogens with one attached hydrogen (secondary N) is 1. The Morgan fingerprint density at radius 1 is 1.60 bits per heavy atom. The van der Waals surface area contributed by atoms with Crippen molar-refractivity contribution in [2.45, 2.75) is 5.88 Å². The molecule has 0 aliphatic heterocycles. The number of aromatic amines is 1. The smallest absolute Gasteiger partial charge is 0.338 e. The number of nitrogens with zero attached hydrogens (tertiary/aromatic N) is 1. The summed E-state index contributed by atoms with van der Waals surface area (Å²) in [6, 6.07) is 3.47. The number of methoxy groups -OCH3 is 1. The fraction of sp³-hybridized carbons (Fsp3) is 0.200. The number of aromatic nitrogens is 2. The molecular weight excluding hydrogens is 216 g/mol. The molecule has 0 spiro atoms. The Kier molecular flexibility index (Phi) is 2.60. The molecule has 0 atom stereocenters. The number of halogens is 1. The van der Waals surface area contributed by atoms with Gasteiger partial charge in [-0.15, -0.1) is 11.6 Å². The molecule has 1 N–H and O–H groups in total. The maximum absolute atomic E-state index is 11.4. The molecule has 2 aromatic rings. The molecule has 1 heterocycles. The van der Waals surface area contributed by atoms with Crippen molar-refractivity contribution < 1.29 is 9.53 Å². The quantitative estimate of drug-likeness (QED) is 0.628. The van der Waals surface area contributed by atoms with Crippen LogP contribution in [0.4, 0.5) is 0 Å². The van der Waals surface area contributed by atoms with E-state index in [0.29, 0.717) is 16.6 Å². The van der Waals surface area contributed by atoms with Crippen LogP contribution < -0.4 is 0 Å². The van der Waals surface area contributed by atoms with Crippen molar-refractivity contribution in [3.8, 4) is 0 Å². The molecule has 0 bridgehead atoms. The molecule has 1 aromatic heterocycles. The minimum Gasteiger partial charge on any atom is -0.465 e. The van der Waals surface area contributed by atoms with Gasteiger partial charge in [-0.05, 0) is 12.1 Å². The zero-order valence-electron chi connectivity index (χ0n) is 8.08. The van der Waals surface area contributed by atoms with Crippen molar-refractivity contribution in [1.82, 2.24) is 9.97 Å². The minimum atomic E-state index is -0.393. The first kappa shape index (κ1) is 9.98. The predicted molar refractivity (Wildman–Crippen MR) is 57.0 cm³/mol. The fourth-order valence-corrected chi connectivity index (χ4v) is 1.77. The van der Waals surface area contributed by atoms with Crippen LogP contribution in [-0.2, 0) is 10.6 Å². The third-order valence-corrected chi connectivity index (χ3v) is 2.50. The van der Waals surface area contributed by atoms with Crippen LogP contribution in [0.15, 0.2) is 18.5 Å². The van der Waals surface area contributed by atoms with Crippen LogP contribution in [0.2, 0.25) is 0 Å². The Bertz CT molecular complexity index is 507. The van der Waals surface area contributed by atoms with Crippen LogP contribution in [0.5, 0.6) is 0 Å². The van der Waals surface area contributed by atoms with Gasteiger partial charge in [-0.25, -0.2) is 9.78 Å². The number of fused-ring (bicyclic) bond motifs is 1. The van der Waals surface area contributed by atoms with E-state index in [1.165, 1.54) is 7.11 Å². The Morgan fingerprint density at radius 2 is 2.40 bits per heavy atom. The van der Waals surface area contributed by atoms with Gasteiger partial charge in [-0.3, -0.25) is 0 Å². The number of esters is 1. The lowest BCUT2D eigenvalue weighted by atomic mass is 10.1. The summed E-state index contributed by atoms with van der Waals surface area (Å²) in [6.45, 7) is 0. The maximum Gasteiger partial charge on any atom is 0.338 e. The van der Waals surface area contributed by atoms with E-state index < -0.39 is 5.97 Å². The number of carbonyl (C=O) groups is 1. The highest BCUT2D eigenvalue weighted by Gasteiger charge is 2.15. The number of imidazole rings is 1. The number of carbonyl (C=O) groups excluding carboxylic acids is 1. The summed E-state index contributed by atoms with van der Waals surface area (Å²) in [7, 11) is 1.34. The molecule has 0 saturated carbocycles. The highest BCUT2D eigenvalue weighted by atomic mass is 35.5. The second-order valence-electron chi connectivity index (χ2n) is 3.02. The van der Waals surface area contributed by atoms with E-state index in [1.807, 2.05) is 0 Å². The summed E-state index contributed by atoms with van der Waals surface area (Å²) in [4.78, 5) is 18.5. The van der Waals surface area contributed by atoms with Gasteiger partial charge in [0.2, 0.25) is 0 Å². The summed E-state index contributed by atoms with van der Waals surface area (Å²) in [5, 5.41) is 0. The summed E-state index contributed by atoms with van der Waals surface area (Å²) in [5.41, 5.74) is 2.74. The summed E-state index contributed by atoms with van der Waals surface area (Å²) < 4.78 is 4.67. The number of rotatable bonds is 2. The number of H-pyrrole nitrogens is 1. The largest absolute Gasteiger partial charge is 0.465 e.